The minimum atomic E-state index is 0.541. The first kappa shape index (κ1) is 14.9. The van der Waals surface area contributed by atoms with Gasteiger partial charge in [-0.2, -0.15) is 0 Å². The number of nitrogens with two attached hydrogens (primary N) is 1. The zero-order valence-corrected chi connectivity index (χ0v) is 13.8. The van der Waals surface area contributed by atoms with Crippen LogP contribution in [0.15, 0.2) is 22.7 Å². The Kier molecular flexibility index (Phi) is 4.57. The summed E-state index contributed by atoms with van der Waals surface area (Å²) in [5.74, 6) is 0. The van der Waals surface area contributed by atoms with Gasteiger partial charge in [0, 0.05) is 22.7 Å². The van der Waals surface area contributed by atoms with Crippen molar-refractivity contribution in [2.75, 3.05) is 12.8 Å². The molecule has 0 amide bonds. The van der Waals surface area contributed by atoms with Crippen LogP contribution < -0.4 is 5.73 Å². The predicted octanol–water partition coefficient (Wildman–Crippen LogP) is 4.43. The molecule has 1 aliphatic carbocycles. The maximum absolute atomic E-state index is 5.79. The van der Waals surface area contributed by atoms with Crippen LogP contribution in [0.2, 0.25) is 0 Å². The van der Waals surface area contributed by atoms with Crippen LogP contribution in [0.25, 0.3) is 0 Å². The molecule has 2 N–H and O–H groups in total. The van der Waals surface area contributed by atoms with E-state index in [0.717, 1.165) is 22.7 Å². The Morgan fingerprint density at radius 2 is 1.95 bits per heavy atom. The van der Waals surface area contributed by atoms with Gasteiger partial charge in [0.05, 0.1) is 0 Å². The van der Waals surface area contributed by atoms with Crippen LogP contribution in [0.1, 0.15) is 45.1 Å². The molecule has 1 saturated carbocycles. The number of anilines is 1. The lowest BCUT2D eigenvalue weighted by atomic mass is 9.75. The number of nitrogen functional groups attached to an aromatic ring is 1. The van der Waals surface area contributed by atoms with Gasteiger partial charge in [-0.3, -0.25) is 4.90 Å². The van der Waals surface area contributed by atoms with E-state index >= 15 is 0 Å². The van der Waals surface area contributed by atoms with Crippen LogP contribution in [0.3, 0.4) is 0 Å². The predicted molar refractivity (Wildman–Crippen MR) is 86.1 cm³/mol. The Bertz CT molecular complexity index is 432. The first-order valence-corrected chi connectivity index (χ1v) is 7.91. The number of hydrogen-bond donors (Lipinski definition) is 1. The highest BCUT2D eigenvalue weighted by molar-refractivity contribution is 9.10. The number of rotatable bonds is 3. The van der Waals surface area contributed by atoms with Crippen LogP contribution >= 0.6 is 15.9 Å². The van der Waals surface area contributed by atoms with Crippen molar-refractivity contribution in [3.63, 3.8) is 0 Å². The molecule has 0 unspecified atom stereocenters. The van der Waals surface area contributed by atoms with Crippen molar-refractivity contribution in [1.82, 2.24) is 4.90 Å². The lowest BCUT2D eigenvalue weighted by Gasteiger charge is -2.38. The molecule has 2 nitrogen and oxygen atoms in total. The standard InChI is InChI=1S/C16H25BrN2/c1-16(2)8-6-14(7-9-16)19(3)11-12-4-5-13(18)10-15(12)17/h4-5,10,14H,6-9,11,18H2,1-3H3. The van der Waals surface area contributed by atoms with Crippen molar-refractivity contribution in [3.05, 3.63) is 28.2 Å². The van der Waals surface area contributed by atoms with E-state index in [-0.39, 0.29) is 0 Å². The number of benzene rings is 1. The highest BCUT2D eigenvalue weighted by Gasteiger charge is 2.28. The lowest BCUT2D eigenvalue weighted by molar-refractivity contribution is 0.123. The molecule has 1 aromatic rings. The summed E-state index contributed by atoms with van der Waals surface area (Å²) >= 11 is 3.61. The molecule has 106 valence electrons. The van der Waals surface area contributed by atoms with Crippen molar-refractivity contribution in [2.24, 2.45) is 5.41 Å². The third kappa shape index (κ3) is 3.96. The summed E-state index contributed by atoms with van der Waals surface area (Å²) in [6.45, 7) is 5.77. The van der Waals surface area contributed by atoms with Gasteiger partial charge in [-0.25, -0.2) is 0 Å². The maximum Gasteiger partial charge on any atom is 0.0325 e. The number of halogens is 1. The van der Waals surface area contributed by atoms with Gasteiger partial charge in [0.1, 0.15) is 0 Å². The Morgan fingerprint density at radius 3 is 2.53 bits per heavy atom. The third-order valence-electron chi connectivity index (χ3n) is 4.43. The molecular formula is C16H25BrN2. The molecule has 2 rings (SSSR count). The average molecular weight is 325 g/mol. The van der Waals surface area contributed by atoms with E-state index in [1.165, 1.54) is 31.2 Å². The van der Waals surface area contributed by atoms with Crippen LogP contribution in [0.5, 0.6) is 0 Å². The quantitative estimate of drug-likeness (QED) is 0.833. The van der Waals surface area contributed by atoms with Gasteiger partial charge in [0.25, 0.3) is 0 Å². The second kappa shape index (κ2) is 5.84. The SMILES string of the molecule is CN(Cc1ccc(N)cc1Br)C1CCC(C)(C)CC1. The molecule has 1 fully saturated rings. The topological polar surface area (TPSA) is 29.3 Å². The molecule has 0 bridgehead atoms. The molecule has 0 heterocycles. The van der Waals surface area contributed by atoms with E-state index < -0.39 is 0 Å². The molecule has 1 aliphatic rings. The van der Waals surface area contributed by atoms with Gasteiger partial charge in [0.2, 0.25) is 0 Å². The zero-order valence-electron chi connectivity index (χ0n) is 12.2. The second-order valence-electron chi connectivity index (χ2n) is 6.66. The molecule has 19 heavy (non-hydrogen) atoms. The first-order chi connectivity index (χ1) is 8.87. The van der Waals surface area contributed by atoms with Crippen LogP contribution in [-0.4, -0.2) is 18.0 Å². The lowest BCUT2D eigenvalue weighted by Crippen LogP contribution is -2.36. The van der Waals surface area contributed by atoms with Crippen LogP contribution in [0, 0.1) is 5.41 Å². The molecule has 0 saturated heterocycles. The van der Waals surface area contributed by atoms with Crippen molar-refractivity contribution < 1.29 is 0 Å². The van der Waals surface area contributed by atoms with Crippen molar-refractivity contribution in [3.8, 4) is 0 Å². The first-order valence-electron chi connectivity index (χ1n) is 7.11. The second-order valence-corrected chi connectivity index (χ2v) is 7.52. The summed E-state index contributed by atoms with van der Waals surface area (Å²) in [5, 5.41) is 0. The van der Waals surface area contributed by atoms with Gasteiger partial charge in [-0.05, 0) is 55.8 Å². The molecule has 1 aromatic carbocycles. The molecule has 0 radical (unpaired) electrons. The van der Waals surface area contributed by atoms with Gasteiger partial charge < -0.3 is 5.73 Å². The van der Waals surface area contributed by atoms with Crippen molar-refractivity contribution in [2.45, 2.75) is 52.1 Å². The molecular weight excluding hydrogens is 300 g/mol. The van der Waals surface area contributed by atoms with Crippen molar-refractivity contribution in [1.29, 1.82) is 0 Å². The van der Waals surface area contributed by atoms with E-state index in [0.29, 0.717) is 5.41 Å². The summed E-state index contributed by atoms with van der Waals surface area (Å²) in [6, 6.07) is 6.82. The molecule has 0 aromatic heterocycles. The van der Waals surface area contributed by atoms with Gasteiger partial charge in [-0.1, -0.05) is 35.8 Å². The number of hydrogen-bond acceptors (Lipinski definition) is 2. The Balaban J connectivity index is 1.96. The fraction of sp³-hybridized carbons (Fsp3) is 0.625. The van der Waals surface area contributed by atoms with E-state index in [4.69, 9.17) is 5.73 Å². The number of nitrogens with zero attached hydrogens (tertiary/aromatic N) is 1. The third-order valence-corrected chi connectivity index (χ3v) is 5.17. The molecule has 0 atom stereocenters. The zero-order chi connectivity index (χ0) is 14.0. The van der Waals surface area contributed by atoms with E-state index in [9.17, 15) is 0 Å². The molecule has 0 spiro atoms. The summed E-state index contributed by atoms with van der Waals surface area (Å²) in [4.78, 5) is 2.49. The highest BCUT2D eigenvalue weighted by Crippen LogP contribution is 2.37. The average Bonchev–Trinajstić information content (AvgIpc) is 2.32. The fourth-order valence-electron chi connectivity index (χ4n) is 2.91. The van der Waals surface area contributed by atoms with Crippen LogP contribution in [0.4, 0.5) is 5.69 Å². The monoisotopic (exact) mass is 324 g/mol. The Labute approximate surface area is 125 Å². The van der Waals surface area contributed by atoms with E-state index in [1.54, 1.807) is 0 Å². The minimum absolute atomic E-state index is 0.541. The van der Waals surface area contributed by atoms with Crippen molar-refractivity contribution >= 4 is 21.6 Å². The smallest absolute Gasteiger partial charge is 0.0325 e. The Hall–Kier alpha value is -0.540. The van der Waals surface area contributed by atoms with Gasteiger partial charge >= 0.3 is 0 Å². The fourth-order valence-corrected chi connectivity index (χ4v) is 3.44. The molecule has 3 heteroatoms. The summed E-state index contributed by atoms with van der Waals surface area (Å²) < 4.78 is 1.12. The normalized spacial score (nSPS) is 19.8. The van der Waals surface area contributed by atoms with Crippen LogP contribution in [-0.2, 0) is 6.54 Å². The van der Waals surface area contributed by atoms with Gasteiger partial charge in [0.15, 0.2) is 0 Å². The highest BCUT2D eigenvalue weighted by atomic mass is 79.9. The molecule has 0 aliphatic heterocycles. The largest absolute Gasteiger partial charge is 0.399 e. The van der Waals surface area contributed by atoms with E-state index in [2.05, 4.69) is 47.8 Å². The van der Waals surface area contributed by atoms with Gasteiger partial charge in [-0.15, -0.1) is 0 Å². The Morgan fingerprint density at radius 1 is 1.32 bits per heavy atom. The summed E-state index contributed by atoms with van der Waals surface area (Å²) in [7, 11) is 2.24. The summed E-state index contributed by atoms with van der Waals surface area (Å²) in [5.41, 5.74) is 8.47. The van der Waals surface area contributed by atoms with E-state index in [1.807, 2.05) is 12.1 Å². The summed E-state index contributed by atoms with van der Waals surface area (Å²) in [6.07, 6.45) is 5.31. The minimum Gasteiger partial charge on any atom is -0.399 e. The maximum atomic E-state index is 5.79.